The molecule has 0 aliphatic carbocycles. The summed E-state index contributed by atoms with van der Waals surface area (Å²) >= 11 is 2.09. The van der Waals surface area contributed by atoms with Crippen molar-refractivity contribution < 1.29 is 14.8 Å². The lowest BCUT2D eigenvalue weighted by molar-refractivity contribution is -0.671. The molecular formula is C9H17INO2+. The Hall–Kier alpha value is 0.160. The lowest BCUT2D eigenvalue weighted by Gasteiger charge is -2.27. The van der Waals surface area contributed by atoms with Crippen LogP contribution in [-0.2, 0) is 9.53 Å². The average molecular weight is 298 g/mol. The molecule has 1 fully saturated rings. The first-order valence-corrected chi connectivity index (χ1v) is 6.02. The summed E-state index contributed by atoms with van der Waals surface area (Å²) in [6.07, 6.45) is 1.14. The number of esters is 1. The molecule has 3 unspecified atom stereocenters. The summed E-state index contributed by atoms with van der Waals surface area (Å²) in [6, 6.07) is 0. The summed E-state index contributed by atoms with van der Waals surface area (Å²) in [4.78, 5) is 11.3. The van der Waals surface area contributed by atoms with Crippen molar-refractivity contribution in [3.8, 4) is 0 Å². The highest BCUT2D eigenvalue weighted by molar-refractivity contribution is 14.1. The zero-order valence-corrected chi connectivity index (χ0v) is 10.3. The van der Waals surface area contributed by atoms with Crippen LogP contribution in [0.3, 0.4) is 0 Å². The summed E-state index contributed by atoms with van der Waals surface area (Å²) in [7, 11) is 0. The van der Waals surface area contributed by atoms with Gasteiger partial charge in [0.1, 0.15) is 10.0 Å². The van der Waals surface area contributed by atoms with Crippen molar-refractivity contribution >= 4 is 28.6 Å². The fourth-order valence-corrected chi connectivity index (χ4v) is 1.66. The predicted molar refractivity (Wildman–Crippen MR) is 58.8 cm³/mol. The Morgan fingerprint density at radius 1 is 1.69 bits per heavy atom. The van der Waals surface area contributed by atoms with E-state index in [4.69, 9.17) is 4.74 Å². The Balaban J connectivity index is 2.38. The molecule has 0 aromatic rings. The first-order valence-electron chi connectivity index (χ1n) is 4.77. The third kappa shape index (κ3) is 3.42. The summed E-state index contributed by atoms with van der Waals surface area (Å²) in [5.74, 6) is 0.423. The maximum absolute atomic E-state index is 11.3. The number of piperidine rings is 1. The lowest BCUT2D eigenvalue weighted by atomic mass is 9.98. The van der Waals surface area contributed by atoms with E-state index in [1.165, 1.54) is 0 Å². The molecule has 13 heavy (non-hydrogen) atoms. The molecule has 2 N–H and O–H groups in total. The molecule has 76 valence electrons. The number of carbonyl (C=O) groups is 1. The van der Waals surface area contributed by atoms with E-state index in [1.54, 1.807) is 0 Å². The molecule has 1 rings (SSSR count). The number of alkyl halides is 1. The number of halogens is 1. The Morgan fingerprint density at radius 3 is 2.92 bits per heavy atom. The number of quaternary nitrogens is 1. The van der Waals surface area contributed by atoms with Crippen molar-refractivity contribution in [3.63, 3.8) is 0 Å². The van der Waals surface area contributed by atoms with Crippen molar-refractivity contribution in [2.24, 2.45) is 5.92 Å². The molecule has 0 radical (unpaired) electrons. The molecule has 0 spiro atoms. The number of hydrogen-bond donors (Lipinski definition) is 1. The molecule has 1 saturated heterocycles. The van der Waals surface area contributed by atoms with E-state index in [-0.39, 0.29) is 16.0 Å². The van der Waals surface area contributed by atoms with Crippen LogP contribution in [0.1, 0.15) is 20.3 Å². The topological polar surface area (TPSA) is 42.9 Å². The van der Waals surface area contributed by atoms with Gasteiger partial charge in [0.05, 0.1) is 13.1 Å². The van der Waals surface area contributed by atoms with Crippen LogP contribution < -0.4 is 5.32 Å². The van der Waals surface area contributed by atoms with Gasteiger partial charge in [0, 0.05) is 12.3 Å². The molecule has 3 atom stereocenters. The minimum atomic E-state index is -0.0700. The van der Waals surface area contributed by atoms with Crippen LogP contribution in [0.5, 0.6) is 0 Å². The molecule has 1 aliphatic rings. The second-order valence-corrected chi connectivity index (χ2v) is 5.54. The lowest BCUT2D eigenvalue weighted by Crippen LogP contribution is -2.88. The van der Waals surface area contributed by atoms with Gasteiger partial charge in [-0.1, -0.05) is 29.5 Å². The minimum absolute atomic E-state index is 0.0318. The minimum Gasteiger partial charge on any atom is -0.461 e. The van der Waals surface area contributed by atoms with Crippen molar-refractivity contribution in [3.05, 3.63) is 0 Å². The van der Waals surface area contributed by atoms with Crippen molar-refractivity contribution in [2.75, 3.05) is 13.1 Å². The summed E-state index contributed by atoms with van der Waals surface area (Å²) < 4.78 is 5.37. The van der Waals surface area contributed by atoms with Crippen molar-refractivity contribution in [1.82, 2.24) is 0 Å². The monoisotopic (exact) mass is 298 g/mol. The highest BCUT2D eigenvalue weighted by Crippen LogP contribution is 2.14. The molecule has 0 aromatic carbocycles. The molecular weight excluding hydrogens is 281 g/mol. The molecule has 0 saturated carbocycles. The fourth-order valence-electron chi connectivity index (χ4n) is 1.52. The Morgan fingerprint density at radius 2 is 2.38 bits per heavy atom. The van der Waals surface area contributed by atoms with Gasteiger partial charge in [-0.2, -0.15) is 0 Å². The molecule has 1 aliphatic heterocycles. The second-order valence-electron chi connectivity index (χ2n) is 3.67. The van der Waals surface area contributed by atoms with E-state index < -0.39 is 0 Å². The van der Waals surface area contributed by atoms with Gasteiger partial charge in [-0.15, -0.1) is 0 Å². The molecule has 4 heteroatoms. The zero-order chi connectivity index (χ0) is 9.84. The van der Waals surface area contributed by atoms with Crippen LogP contribution in [0.15, 0.2) is 0 Å². The van der Waals surface area contributed by atoms with Gasteiger partial charge in [-0.3, -0.25) is 4.79 Å². The smallest absolute Gasteiger partial charge is 0.318 e. The number of rotatable bonds is 2. The Bertz CT molecular complexity index is 184. The maximum atomic E-state index is 11.3. The largest absolute Gasteiger partial charge is 0.461 e. The standard InChI is InChI=1S/C9H16INO2/c1-6-5-11-4-3-8(6)13-9(12)7(2)10/h6-8,11H,3-5H2,1-2H3/p+1. The van der Waals surface area contributed by atoms with Crippen molar-refractivity contribution in [1.29, 1.82) is 0 Å². The highest BCUT2D eigenvalue weighted by Gasteiger charge is 2.27. The van der Waals surface area contributed by atoms with Crippen LogP contribution in [0.4, 0.5) is 0 Å². The van der Waals surface area contributed by atoms with Crippen LogP contribution in [0, 0.1) is 5.92 Å². The molecule has 1 heterocycles. The van der Waals surface area contributed by atoms with Crippen molar-refractivity contribution in [2.45, 2.75) is 30.3 Å². The second kappa shape index (κ2) is 5.14. The van der Waals surface area contributed by atoms with Crippen LogP contribution in [-0.4, -0.2) is 29.1 Å². The van der Waals surface area contributed by atoms with Gasteiger partial charge >= 0.3 is 5.97 Å². The maximum Gasteiger partial charge on any atom is 0.318 e. The zero-order valence-electron chi connectivity index (χ0n) is 8.13. The number of ether oxygens (including phenoxy) is 1. The molecule has 0 bridgehead atoms. The van der Waals surface area contributed by atoms with Crippen LogP contribution >= 0.6 is 22.6 Å². The normalized spacial score (nSPS) is 31.0. The summed E-state index contributed by atoms with van der Waals surface area (Å²) in [5, 5.41) is 2.28. The molecule has 0 amide bonds. The van der Waals surface area contributed by atoms with Gasteiger partial charge in [-0.25, -0.2) is 0 Å². The van der Waals surface area contributed by atoms with Gasteiger partial charge in [0.25, 0.3) is 0 Å². The Labute approximate surface area is 92.7 Å². The van der Waals surface area contributed by atoms with E-state index in [1.807, 2.05) is 6.92 Å². The first kappa shape index (κ1) is 11.2. The van der Waals surface area contributed by atoms with Gasteiger partial charge < -0.3 is 10.1 Å². The van der Waals surface area contributed by atoms with E-state index in [2.05, 4.69) is 34.8 Å². The van der Waals surface area contributed by atoms with Crippen LogP contribution in [0.2, 0.25) is 0 Å². The van der Waals surface area contributed by atoms with Crippen LogP contribution in [0.25, 0.3) is 0 Å². The number of hydrogen-bond acceptors (Lipinski definition) is 2. The quantitative estimate of drug-likeness (QED) is 0.453. The SMILES string of the molecule is CC(I)C(=O)OC1CC[NH2+]CC1C. The van der Waals surface area contributed by atoms with Gasteiger partial charge in [0.15, 0.2) is 0 Å². The van der Waals surface area contributed by atoms with E-state index >= 15 is 0 Å². The molecule has 0 aromatic heterocycles. The average Bonchev–Trinajstić information content (AvgIpc) is 2.08. The Kier molecular flexibility index (Phi) is 4.45. The molecule has 3 nitrogen and oxygen atoms in total. The predicted octanol–water partition coefficient (Wildman–Crippen LogP) is 0.325. The third-order valence-corrected chi connectivity index (χ3v) is 2.93. The highest BCUT2D eigenvalue weighted by atomic mass is 127. The summed E-state index contributed by atoms with van der Waals surface area (Å²) in [5.41, 5.74) is 0. The number of nitrogens with two attached hydrogens (primary N) is 1. The van der Waals surface area contributed by atoms with E-state index in [0.717, 1.165) is 19.5 Å². The van der Waals surface area contributed by atoms with Gasteiger partial charge in [0.2, 0.25) is 0 Å². The first-order chi connectivity index (χ1) is 6.11. The number of carbonyl (C=O) groups excluding carboxylic acids is 1. The van der Waals surface area contributed by atoms with E-state index in [0.29, 0.717) is 5.92 Å². The fraction of sp³-hybridized carbons (Fsp3) is 0.889. The van der Waals surface area contributed by atoms with E-state index in [9.17, 15) is 4.79 Å². The third-order valence-electron chi connectivity index (χ3n) is 2.42. The van der Waals surface area contributed by atoms with Gasteiger partial charge in [-0.05, 0) is 6.92 Å². The summed E-state index contributed by atoms with van der Waals surface area (Å²) in [6.45, 7) is 6.17.